The summed E-state index contributed by atoms with van der Waals surface area (Å²) in [5, 5.41) is 11.9. The normalized spacial score (nSPS) is 10.9. The van der Waals surface area contributed by atoms with Gasteiger partial charge in [-0.1, -0.05) is 19.1 Å². The predicted octanol–water partition coefficient (Wildman–Crippen LogP) is 3.12. The van der Waals surface area contributed by atoms with Crippen LogP contribution in [0, 0.1) is 0 Å². The van der Waals surface area contributed by atoms with Crippen LogP contribution in [-0.4, -0.2) is 41.2 Å². The molecule has 0 saturated heterocycles. The summed E-state index contributed by atoms with van der Waals surface area (Å²) in [7, 11) is 1.64. The van der Waals surface area contributed by atoms with Crippen LogP contribution < -0.4 is 4.74 Å². The molecular formula is C16H20N2O3S. The summed E-state index contributed by atoms with van der Waals surface area (Å²) in [6, 6.07) is 7.77. The molecule has 0 fully saturated rings. The van der Waals surface area contributed by atoms with Crippen molar-refractivity contribution in [1.82, 2.24) is 9.88 Å². The Balaban J connectivity index is 2.11. The minimum absolute atomic E-state index is 0.0415. The molecule has 0 atom stereocenters. The van der Waals surface area contributed by atoms with Crippen LogP contribution in [0.4, 0.5) is 0 Å². The number of carboxylic acids is 1. The number of hydrogen-bond acceptors (Lipinski definition) is 5. The molecule has 1 aromatic carbocycles. The third kappa shape index (κ3) is 4.54. The van der Waals surface area contributed by atoms with Crippen molar-refractivity contribution < 1.29 is 14.6 Å². The molecule has 2 aromatic rings. The quantitative estimate of drug-likeness (QED) is 0.809. The Morgan fingerprint density at radius 2 is 2.27 bits per heavy atom. The number of thiazole rings is 1. The van der Waals surface area contributed by atoms with Crippen LogP contribution in [0.2, 0.25) is 0 Å². The van der Waals surface area contributed by atoms with Crippen LogP contribution in [0.1, 0.15) is 19.0 Å². The van der Waals surface area contributed by atoms with Crippen molar-refractivity contribution in [3.63, 3.8) is 0 Å². The van der Waals surface area contributed by atoms with E-state index in [1.807, 2.05) is 41.5 Å². The van der Waals surface area contributed by atoms with Gasteiger partial charge in [0.2, 0.25) is 0 Å². The fourth-order valence-corrected chi connectivity index (χ4v) is 3.03. The number of rotatable bonds is 8. The number of ether oxygens (including phenoxy) is 1. The second-order valence-corrected chi connectivity index (χ2v) is 5.84. The molecule has 22 heavy (non-hydrogen) atoms. The Labute approximate surface area is 134 Å². The molecule has 0 aliphatic heterocycles. The maximum Gasteiger partial charge on any atom is 0.317 e. The summed E-state index contributed by atoms with van der Waals surface area (Å²) < 4.78 is 5.23. The van der Waals surface area contributed by atoms with E-state index < -0.39 is 5.97 Å². The Morgan fingerprint density at radius 1 is 1.45 bits per heavy atom. The van der Waals surface area contributed by atoms with Gasteiger partial charge in [0.05, 0.1) is 19.3 Å². The molecular weight excluding hydrogens is 300 g/mol. The highest BCUT2D eigenvalue weighted by Crippen LogP contribution is 2.27. The van der Waals surface area contributed by atoms with E-state index in [0.717, 1.165) is 35.0 Å². The van der Waals surface area contributed by atoms with Gasteiger partial charge in [0.1, 0.15) is 10.8 Å². The molecule has 1 heterocycles. The van der Waals surface area contributed by atoms with Gasteiger partial charge in [-0.05, 0) is 25.1 Å². The summed E-state index contributed by atoms with van der Waals surface area (Å²) in [4.78, 5) is 17.4. The standard InChI is InChI=1S/C16H20N2O3S/c1-3-7-18(10-15(19)20)9-13-11-22-16(17-13)12-5-4-6-14(8-12)21-2/h4-6,8,11H,3,7,9-10H2,1-2H3,(H,19,20). The van der Waals surface area contributed by atoms with Crippen molar-refractivity contribution >= 4 is 17.3 Å². The molecule has 0 bridgehead atoms. The number of benzene rings is 1. The zero-order valence-electron chi connectivity index (χ0n) is 12.8. The first-order chi connectivity index (χ1) is 10.6. The fraction of sp³-hybridized carbons (Fsp3) is 0.375. The summed E-state index contributed by atoms with van der Waals surface area (Å²) >= 11 is 1.56. The average molecular weight is 320 g/mol. The Bertz CT molecular complexity index is 627. The third-order valence-corrected chi connectivity index (χ3v) is 4.09. The Kier molecular flexibility index (Phi) is 5.91. The van der Waals surface area contributed by atoms with E-state index in [9.17, 15) is 4.79 Å². The average Bonchev–Trinajstić information content (AvgIpc) is 2.95. The third-order valence-electron chi connectivity index (χ3n) is 3.15. The summed E-state index contributed by atoms with van der Waals surface area (Å²) in [5.74, 6) is -0.00978. The van der Waals surface area contributed by atoms with Crippen molar-refractivity contribution in [1.29, 1.82) is 0 Å². The van der Waals surface area contributed by atoms with Gasteiger partial charge >= 0.3 is 5.97 Å². The Morgan fingerprint density at radius 3 is 2.95 bits per heavy atom. The number of methoxy groups -OCH3 is 1. The molecule has 2 rings (SSSR count). The van der Waals surface area contributed by atoms with Crippen molar-refractivity contribution in [2.75, 3.05) is 20.2 Å². The second kappa shape index (κ2) is 7.91. The van der Waals surface area contributed by atoms with Gasteiger partial charge < -0.3 is 9.84 Å². The van der Waals surface area contributed by atoms with Crippen molar-refractivity contribution in [3.8, 4) is 16.3 Å². The van der Waals surface area contributed by atoms with Crippen LogP contribution in [0.3, 0.4) is 0 Å². The molecule has 0 amide bonds. The maximum absolute atomic E-state index is 10.9. The molecule has 1 N–H and O–H groups in total. The van der Waals surface area contributed by atoms with E-state index in [1.165, 1.54) is 0 Å². The lowest BCUT2D eigenvalue weighted by atomic mass is 10.2. The largest absolute Gasteiger partial charge is 0.497 e. The van der Waals surface area contributed by atoms with Crippen LogP contribution >= 0.6 is 11.3 Å². The first kappa shape index (κ1) is 16.5. The highest BCUT2D eigenvalue weighted by molar-refractivity contribution is 7.13. The molecule has 0 spiro atoms. The maximum atomic E-state index is 10.9. The van der Waals surface area contributed by atoms with Gasteiger partial charge in [0, 0.05) is 17.5 Å². The van der Waals surface area contributed by atoms with Gasteiger partial charge in [-0.15, -0.1) is 11.3 Å². The van der Waals surface area contributed by atoms with E-state index >= 15 is 0 Å². The number of aromatic nitrogens is 1. The van der Waals surface area contributed by atoms with E-state index in [-0.39, 0.29) is 6.54 Å². The molecule has 6 heteroatoms. The van der Waals surface area contributed by atoms with Gasteiger partial charge in [-0.25, -0.2) is 4.98 Å². The molecule has 0 aliphatic rings. The molecule has 0 saturated carbocycles. The van der Waals surface area contributed by atoms with Gasteiger partial charge in [0.15, 0.2) is 0 Å². The molecule has 5 nitrogen and oxygen atoms in total. The first-order valence-electron chi connectivity index (χ1n) is 7.15. The summed E-state index contributed by atoms with van der Waals surface area (Å²) in [5.41, 5.74) is 1.91. The lowest BCUT2D eigenvalue weighted by Gasteiger charge is -2.17. The van der Waals surface area contributed by atoms with Crippen LogP contribution in [0.25, 0.3) is 10.6 Å². The highest BCUT2D eigenvalue weighted by atomic mass is 32.1. The van der Waals surface area contributed by atoms with E-state index in [1.54, 1.807) is 18.4 Å². The molecule has 0 unspecified atom stereocenters. The van der Waals surface area contributed by atoms with Crippen LogP contribution in [0.15, 0.2) is 29.6 Å². The second-order valence-electron chi connectivity index (χ2n) is 4.98. The van der Waals surface area contributed by atoms with Crippen molar-refractivity contribution in [2.24, 2.45) is 0 Å². The number of hydrogen-bond donors (Lipinski definition) is 1. The lowest BCUT2D eigenvalue weighted by Crippen LogP contribution is -2.30. The van der Waals surface area contributed by atoms with E-state index in [4.69, 9.17) is 9.84 Å². The molecule has 118 valence electrons. The monoisotopic (exact) mass is 320 g/mol. The zero-order valence-corrected chi connectivity index (χ0v) is 13.6. The minimum Gasteiger partial charge on any atom is -0.497 e. The van der Waals surface area contributed by atoms with Gasteiger partial charge in [0.25, 0.3) is 0 Å². The number of nitrogens with zero attached hydrogens (tertiary/aromatic N) is 2. The first-order valence-corrected chi connectivity index (χ1v) is 8.03. The number of carboxylic acid groups (broad SMARTS) is 1. The van der Waals surface area contributed by atoms with Gasteiger partial charge in [-0.3, -0.25) is 9.69 Å². The number of aliphatic carboxylic acids is 1. The Hall–Kier alpha value is -1.92. The van der Waals surface area contributed by atoms with Crippen LogP contribution in [-0.2, 0) is 11.3 Å². The van der Waals surface area contributed by atoms with Crippen molar-refractivity contribution in [3.05, 3.63) is 35.3 Å². The molecule has 0 aliphatic carbocycles. The topological polar surface area (TPSA) is 62.7 Å². The summed E-state index contributed by atoms with van der Waals surface area (Å²) in [6.45, 7) is 3.39. The van der Waals surface area contributed by atoms with Crippen LogP contribution in [0.5, 0.6) is 5.75 Å². The SMILES string of the molecule is CCCN(CC(=O)O)Cc1csc(-c2cccc(OC)c2)n1. The zero-order chi connectivity index (χ0) is 15.9. The van der Waals surface area contributed by atoms with Crippen molar-refractivity contribution in [2.45, 2.75) is 19.9 Å². The smallest absolute Gasteiger partial charge is 0.317 e. The number of carbonyl (C=O) groups is 1. The minimum atomic E-state index is -0.809. The fourth-order valence-electron chi connectivity index (χ4n) is 2.22. The predicted molar refractivity (Wildman–Crippen MR) is 87.3 cm³/mol. The highest BCUT2D eigenvalue weighted by Gasteiger charge is 2.12. The molecule has 1 aromatic heterocycles. The van der Waals surface area contributed by atoms with E-state index in [2.05, 4.69) is 4.98 Å². The van der Waals surface area contributed by atoms with Gasteiger partial charge in [-0.2, -0.15) is 0 Å². The summed E-state index contributed by atoms with van der Waals surface area (Å²) in [6.07, 6.45) is 0.917. The lowest BCUT2D eigenvalue weighted by molar-refractivity contribution is -0.138. The van der Waals surface area contributed by atoms with E-state index in [0.29, 0.717) is 6.54 Å². The molecule has 0 radical (unpaired) electrons.